The summed E-state index contributed by atoms with van der Waals surface area (Å²) in [6.07, 6.45) is 0. The monoisotopic (exact) mass is 390 g/mol. The fourth-order valence-corrected chi connectivity index (χ4v) is 2.64. The maximum atomic E-state index is 12.1. The van der Waals surface area contributed by atoms with E-state index in [0.29, 0.717) is 16.4 Å². The predicted octanol–water partition coefficient (Wildman–Crippen LogP) is 2.42. The molecule has 1 N–H and O–H groups in total. The summed E-state index contributed by atoms with van der Waals surface area (Å²) in [5.74, 6) is -0.537. The Bertz CT molecular complexity index is 995. The van der Waals surface area contributed by atoms with E-state index in [0.717, 1.165) is 5.56 Å². The van der Waals surface area contributed by atoms with Crippen LogP contribution in [0.3, 0.4) is 0 Å². The van der Waals surface area contributed by atoms with Crippen LogP contribution in [0.25, 0.3) is 0 Å². The Labute approximate surface area is 158 Å². The molecule has 0 unspecified atom stereocenters. The topological polar surface area (TPSA) is 129 Å². The SMILES string of the molecule is Cc1nn(Cc2noc(C(=O)NCc3ccc(Cl)cc3)n2)c(C)c1[N+](=O)[O-]. The average molecular weight is 391 g/mol. The Morgan fingerprint density at radius 1 is 1.33 bits per heavy atom. The summed E-state index contributed by atoms with van der Waals surface area (Å²) in [5, 5.41) is 22.2. The molecular formula is C16H15ClN6O4. The second kappa shape index (κ2) is 7.54. The highest BCUT2D eigenvalue weighted by atomic mass is 35.5. The molecule has 2 aromatic heterocycles. The predicted molar refractivity (Wildman–Crippen MR) is 94.4 cm³/mol. The van der Waals surface area contributed by atoms with E-state index in [2.05, 4.69) is 20.6 Å². The van der Waals surface area contributed by atoms with E-state index in [1.807, 2.05) is 0 Å². The van der Waals surface area contributed by atoms with E-state index >= 15 is 0 Å². The molecule has 10 nitrogen and oxygen atoms in total. The zero-order valence-electron chi connectivity index (χ0n) is 14.5. The largest absolute Gasteiger partial charge is 0.344 e. The van der Waals surface area contributed by atoms with Crippen LogP contribution in [-0.2, 0) is 13.1 Å². The molecule has 2 heterocycles. The first-order valence-corrected chi connectivity index (χ1v) is 8.26. The lowest BCUT2D eigenvalue weighted by Gasteiger charge is -2.02. The van der Waals surface area contributed by atoms with Crippen LogP contribution in [0.15, 0.2) is 28.8 Å². The van der Waals surface area contributed by atoms with Crippen molar-refractivity contribution in [3.63, 3.8) is 0 Å². The quantitative estimate of drug-likeness (QED) is 0.505. The van der Waals surface area contributed by atoms with Crippen molar-refractivity contribution < 1.29 is 14.2 Å². The summed E-state index contributed by atoms with van der Waals surface area (Å²) >= 11 is 5.81. The van der Waals surface area contributed by atoms with Gasteiger partial charge in [-0.1, -0.05) is 28.9 Å². The molecule has 140 valence electrons. The van der Waals surface area contributed by atoms with E-state index < -0.39 is 10.8 Å². The Kier molecular flexibility index (Phi) is 5.17. The van der Waals surface area contributed by atoms with Gasteiger partial charge in [0.15, 0.2) is 5.82 Å². The van der Waals surface area contributed by atoms with Crippen molar-refractivity contribution >= 4 is 23.2 Å². The highest BCUT2D eigenvalue weighted by Crippen LogP contribution is 2.22. The summed E-state index contributed by atoms with van der Waals surface area (Å²) in [6.45, 7) is 3.46. The Morgan fingerprint density at radius 2 is 2.04 bits per heavy atom. The number of amides is 1. The lowest BCUT2D eigenvalue weighted by Crippen LogP contribution is -2.23. The van der Waals surface area contributed by atoms with Gasteiger partial charge in [-0.25, -0.2) is 0 Å². The van der Waals surface area contributed by atoms with Crippen molar-refractivity contribution in [2.75, 3.05) is 0 Å². The molecule has 11 heteroatoms. The van der Waals surface area contributed by atoms with Crippen molar-refractivity contribution in [1.29, 1.82) is 0 Å². The van der Waals surface area contributed by atoms with E-state index in [9.17, 15) is 14.9 Å². The first kappa shape index (κ1) is 18.5. The minimum absolute atomic E-state index is 0.0501. The standard InChI is InChI=1S/C16H15ClN6O4/c1-9-14(23(25)26)10(2)22(20-9)8-13-19-16(27-21-13)15(24)18-7-11-3-5-12(17)6-4-11/h3-6H,7-8H2,1-2H3,(H,18,24). The minimum atomic E-state index is -0.525. The molecule has 1 amide bonds. The van der Waals surface area contributed by atoms with E-state index in [1.165, 1.54) is 4.68 Å². The lowest BCUT2D eigenvalue weighted by atomic mass is 10.2. The maximum Gasteiger partial charge on any atom is 0.316 e. The van der Waals surface area contributed by atoms with Crippen LogP contribution >= 0.6 is 11.6 Å². The van der Waals surface area contributed by atoms with Gasteiger partial charge in [0.25, 0.3) is 0 Å². The van der Waals surface area contributed by atoms with Crippen molar-refractivity contribution in [1.82, 2.24) is 25.2 Å². The number of aryl methyl sites for hydroxylation is 1. The van der Waals surface area contributed by atoms with Crippen LogP contribution < -0.4 is 5.32 Å². The number of nitrogens with zero attached hydrogens (tertiary/aromatic N) is 5. The number of carbonyl (C=O) groups excluding carboxylic acids is 1. The van der Waals surface area contributed by atoms with Crippen LogP contribution in [0, 0.1) is 24.0 Å². The van der Waals surface area contributed by atoms with Gasteiger partial charge in [-0.15, -0.1) is 0 Å². The highest BCUT2D eigenvalue weighted by molar-refractivity contribution is 6.30. The first-order chi connectivity index (χ1) is 12.8. The van der Waals surface area contributed by atoms with E-state index in [-0.39, 0.29) is 30.5 Å². The third-order valence-corrected chi connectivity index (χ3v) is 4.10. The number of rotatable bonds is 6. The van der Waals surface area contributed by atoms with Gasteiger partial charge in [0, 0.05) is 11.6 Å². The number of hydrogen-bond donors (Lipinski definition) is 1. The third kappa shape index (κ3) is 4.11. The molecule has 3 rings (SSSR count). The summed E-state index contributed by atoms with van der Waals surface area (Å²) < 4.78 is 6.36. The number of aromatic nitrogens is 4. The maximum absolute atomic E-state index is 12.1. The molecule has 0 atom stereocenters. The molecule has 1 aromatic carbocycles. The third-order valence-electron chi connectivity index (χ3n) is 3.85. The fourth-order valence-electron chi connectivity index (χ4n) is 2.51. The smallest absolute Gasteiger partial charge is 0.316 e. The van der Waals surface area contributed by atoms with E-state index in [1.54, 1.807) is 38.1 Å². The first-order valence-electron chi connectivity index (χ1n) is 7.88. The molecule has 0 aliphatic heterocycles. The van der Waals surface area contributed by atoms with Crippen LogP contribution in [0.1, 0.15) is 33.5 Å². The number of nitro groups is 1. The molecule has 0 aliphatic rings. The minimum Gasteiger partial charge on any atom is -0.344 e. The summed E-state index contributed by atoms with van der Waals surface area (Å²) in [6, 6.07) is 7.03. The molecule has 0 radical (unpaired) electrons. The van der Waals surface area contributed by atoms with Gasteiger partial charge >= 0.3 is 17.5 Å². The highest BCUT2D eigenvalue weighted by Gasteiger charge is 2.23. The van der Waals surface area contributed by atoms with Gasteiger partial charge in [0.2, 0.25) is 0 Å². The van der Waals surface area contributed by atoms with Crippen LogP contribution in [-0.4, -0.2) is 30.8 Å². The second-order valence-electron chi connectivity index (χ2n) is 5.76. The average Bonchev–Trinajstić information content (AvgIpc) is 3.19. The molecule has 0 fully saturated rings. The zero-order chi connectivity index (χ0) is 19.6. The van der Waals surface area contributed by atoms with Gasteiger partial charge in [0.05, 0.1) is 4.92 Å². The van der Waals surface area contributed by atoms with Crippen LogP contribution in [0.2, 0.25) is 5.02 Å². The number of halogens is 1. The number of hydrogen-bond acceptors (Lipinski definition) is 7. The molecule has 0 saturated heterocycles. The lowest BCUT2D eigenvalue weighted by molar-refractivity contribution is -0.386. The van der Waals surface area contributed by atoms with Crippen molar-refractivity contribution in [2.24, 2.45) is 0 Å². The van der Waals surface area contributed by atoms with E-state index in [4.69, 9.17) is 16.1 Å². The summed E-state index contributed by atoms with van der Waals surface area (Å²) in [5.41, 5.74) is 1.47. The second-order valence-corrected chi connectivity index (χ2v) is 6.20. The van der Waals surface area contributed by atoms with Crippen LogP contribution in [0.4, 0.5) is 5.69 Å². The summed E-state index contributed by atoms with van der Waals surface area (Å²) in [4.78, 5) is 26.7. The molecule has 3 aromatic rings. The Hall–Kier alpha value is -3.27. The molecule has 0 bridgehead atoms. The number of carbonyl (C=O) groups is 1. The summed E-state index contributed by atoms with van der Waals surface area (Å²) in [7, 11) is 0. The van der Waals surface area contributed by atoms with Gasteiger partial charge in [-0.2, -0.15) is 10.1 Å². The van der Waals surface area contributed by atoms with Crippen LogP contribution in [0.5, 0.6) is 0 Å². The van der Waals surface area contributed by atoms with Gasteiger partial charge in [-0.05, 0) is 31.5 Å². The molecule has 0 saturated carbocycles. The molecular weight excluding hydrogens is 376 g/mol. The fraction of sp³-hybridized carbons (Fsp3) is 0.250. The Balaban J connectivity index is 1.66. The normalized spacial score (nSPS) is 10.8. The molecule has 27 heavy (non-hydrogen) atoms. The molecule has 0 aliphatic carbocycles. The zero-order valence-corrected chi connectivity index (χ0v) is 15.2. The number of benzene rings is 1. The van der Waals surface area contributed by atoms with Gasteiger partial charge < -0.3 is 9.84 Å². The molecule has 0 spiro atoms. The van der Waals surface area contributed by atoms with Crippen molar-refractivity contribution in [3.8, 4) is 0 Å². The van der Waals surface area contributed by atoms with Gasteiger partial charge in [0.1, 0.15) is 17.9 Å². The van der Waals surface area contributed by atoms with Crippen molar-refractivity contribution in [2.45, 2.75) is 26.9 Å². The van der Waals surface area contributed by atoms with Gasteiger partial charge in [-0.3, -0.25) is 19.6 Å². The number of nitrogens with one attached hydrogen (secondary N) is 1. The van der Waals surface area contributed by atoms with Crippen molar-refractivity contribution in [3.05, 3.63) is 68.1 Å². The Morgan fingerprint density at radius 3 is 2.67 bits per heavy atom.